The highest BCUT2D eigenvalue weighted by Gasteiger charge is 2.19. The van der Waals surface area contributed by atoms with E-state index in [4.69, 9.17) is 0 Å². The van der Waals surface area contributed by atoms with Crippen molar-refractivity contribution in [2.45, 2.75) is 46.2 Å². The van der Waals surface area contributed by atoms with Crippen molar-refractivity contribution in [2.75, 3.05) is 6.54 Å². The number of amides is 1. The van der Waals surface area contributed by atoms with Crippen LogP contribution in [0.3, 0.4) is 0 Å². The molecule has 0 aliphatic rings. The van der Waals surface area contributed by atoms with Gasteiger partial charge in [0.1, 0.15) is 4.83 Å². The predicted octanol–water partition coefficient (Wildman–Crippen LogP) is 2.58. The van der Waals surface area contributed by atoms with Gasteiger partial charge in [-0.05, 0) is 25.3 Å². The zero-order valence-corrected chi connectivity index (χ0v) is 15.9. The van der Waals surface area contributed by atoms with E-state index in [2.05, 4.69) is 22.2 Å². The van der Waals surface area contributed by atoms with Crippen LogP contribution in [0.4, 0.5) is 0 Å². The lowest BCUT2D eigenvalue weighted by Gasteiger charge is -2.05. The van der Waals surface area contributed by atoms with Crippen LogP contribution in [-0.4, -0.2) is 31.6 Å². The molecule has 0 saturated carbocycles. The molecule has 0 aliphatic carbocycles. The fourth-order valence-corrected chi connectivity index (χ4v) is 3.88. The molecule has 0 saturated heterocycles. The molecule has 7 nitrogen and oxygen atoms in total. The molecule has 0 aromatic carbocycles. The molecular formula is C18H23N5O2S. The number of carbonyl (C=O) groups is 1. The molecule has 1 N–H and O–H groups in total. The number of thiophene rings is 1. The summed E-state index contributed by atoms with van der Waals surface area (Å²) in [6.07, 6.45) is 9.73. The van der Waals surface area contributed by atoms with E-state index in [0.717, 1.165) is 31.4 Å². The highest BCUT2D eigenvalue weighted by Crippen LogP contribution is 2.26. The van der Waals surface area contributed by atoms with Crippen LogP contribution >= 0.6 is 11.3 Å². The van der Waals surface area contributed by atoms with E-state index in [1.165, 1.54) is 11.3 Å². The molecule has 0 radical (unpaired) electrons. The molecule has 26 heavy (non-hydrogen) atoms. The first-order valence-electron chi connectivity index (χ1n) is 8.84. The summed E-state index contributed by atoms with van der Waals surface area (Å²) in [5.74, 6) is -0.143. The third-order valence-electron chi connectivity index (χ3n) is 4.31. The molecule has 1 amide bonds. The zero-order valence-electron chi connectivity index (χ0n) is 15.1. The van der Waals surface area contributed by atoms with Crippen molar-refractivity contribution in [1.29, 1.82) is 0 Å². The molecule has 0 unspecified atom stereocenters. The lowest BCUT2D eigenvalue weighted by Crippen LogP contribution is -2.25. The van der Waals surface area contributed by atoms with E-state index < -0.39 is 0 Å². The maximum absolute atomic E-state index is 12.7. The second-order valence-electron chi connectivity index (χ2n) is 6.24. The smallest absolute Gasteiger partial charge is 0.262 e. The van der Waals surface area contributed by atoms with Crippen molar-refractivity contribution in [3.63, 3.8) is 0 Å². The number of hydrogen-bond donors (Lipinski definition) is 1. The van der Waals surface area contributed by atoms with Crippen LogP contribution < -0.4 is 10.9 Å². The Labute approximate surface area is 155 Å². The molecular weight excluding hydrogens is 350 g/mol. The normalized spacial score (nSPS) is 11.2. The summed E-state index contributed by atoms with van der Waals surface area (Å²) in [6.45, 7) is 5.94. The summed E-state index contributed by atoms with van der Waals surface area (Å²) in [7, 11) is 0. The first kappa shape index (κ1) is 18.3. The van der Waals surface area contributed by atoms with E-state index in [1.54, 1.807) is 23.4 Å². The molecule has 0 bridgehead atoms. The molecule has 8 heteroatoms. The standard InChI is InChI=1S/C18H23N5O2S/c1-3-4-9-23-12-21-17-14(18(23)25)13(2)15(26-17)16(24)20-6-5-8-22-10-7-19-11-22/h7,10-12H,3-6,8-9H2,1-2H3,(H,20,24). The van der Waals surface area contributed by atoms with Gasteiger partial charge in [-0.25, -0.2) is 9.97 Å². The first-order chi connectivity index (χ1) is 12.6. The molecule has 3 rings (SSSR count). The van der Waals surface area contributed by atoms with Gasteiger partial charge in [0, 0.05) is 32.0 Å². The molecule has 0 atom stereocenters. The van der Waals surface area contributed by atoms with Crippen LogP contribution in [0.1, 0.15) is 41.4 Å². The number of carbonyl (C=O) groups excluding carboxylic acids is 1. The number of unbranched alkanes of at least 4 members (excludes halogenated alkanes) is 1. The average molecular weight is 373 g/mol. The Morgan fingerprint density at radius 3 is 2.85 bits per heavy atom. The summed E-state index contributed by atoms with van der Waals surface area (Å²) in [4.78, 5) is 34.8. The lowest BCUT2D eigenvalue weighted by molar-refractivity contribution is 0.0956. The van der Waals surface area contributed by atoms with Crippen molar-refractivity contribution in [2.24, 2.45) is 0 Å². The van der Waals surface area contributed by atoms with Crippen molar-refractivity contribution < 1.29 is 4.79 Å². The number of aryl methyl sites for hydroxylation is 3. The Kier molecular flexibility index (Phi) is 5.82. The second kappa shape index (κ2) is 8.27. The predicted molar refractivity (Wildman–Crippen MR) is 103 cm³/mol. The van der Waals surface area contributed by atoms with Crippen LogP contribution in [-0.2, 0) is 13.1 Å². The first-order valence-corrected chi connectivity index (χ1v) is 9.66. The Bertz CT molecular complexity index is 943. The SMILES string of the molecule is CCCCn1cnc2sc(C(=O)NCCCn3ccnc3)c(C)c2c1=O. The van der Waals surface area contributed by atoms with Crippen molar-refractivity contribution in [3.8, 4) is 0 Å². The topological polar surface area (TPSA) is 81.8 Å². The minimum atomic E-state index is -0.143. The van der Waals surface area contributed by atoms with Gasteiger partial charge in [0.05, 0.1) is 22.9 Å². The average Bonchev–Trinajstić information content (AvgIpc) is 3.26. The van der Waals surface area contributed by atoms with Crippen LogP contribution in [0.15, 0.2) is 29.8 Å². The van der Waals surface area contributed by atoms with Gasteiger partial charge in [0.15, 0.2) is 0 Å². The Morgan fingerprint density at radius 2 is 2.12 bits per heavy atom. The maximum atomic E-state index is 12.7. The van der Waals surface area contributed by atoms with E-state index in [1.807, 2.05) is 17.7 Å². The number of aromatic nitrogens is 4. The van der Waals surface area contributed by atoms with E-state index in [-0.39, 0.29) is 11.5 Å². The van der Waals surface area contributed by atoms with Crippen LogP contribution in [0.5, 0.6) is 0 Å². The van der Waals surface area contributed by atoms with Gasteiger partial charge >= 0.3 is 0 Å². The van der Waals surface area contributed by atoms with E-state index in [0.29, 0.717) is 28.2 Å². The van der Waals surface area contributed by atoms with Gasteiger partial charge < -0.3 is 9.88 Å². The second-order valence-corrected chi connectivity index (χ2v) is 7.24. The summed E-state index contributed by atoms with van der Waals surface area (Å²) in [6, 6.07) is 0. The Hall–Kier alpha value is -2.48. The largest absolute Gasteiger partial charge is 0.351 e. The van der Waals surface area contributed by atoms with Gasteiger partial charge in [0.2, 0.25) is 0 Å². The molecule has 0 fully saturated rings. The third-order valence-corrected chi connectivity index (χ3v) is 5.51. The molecule has 0 aliphatic heterocycles. The lowest BCUT2D eigenvalue weighted by atomic mass is 10.2. The van der Waals surface area contributed by atoms with Crippen molar-refractivity contribution >= 4 is 27.5 Å². The summed E-state index contributed by atoms with van der Waals surface area (Å²) < 4.78 is 3.61. The molecule has 0 spiro atoms. The minimum Gasteiger partial charge on any atom is -0.351 e. The Balaban J connectivity index is 1.71. The maximum Gasteiger partial charge on any atom is 0.262 e. The third kappa shape index (κ3) is 3.85. The monoisotopic (exact) mass is 373 g/mol. The number of nitrogens with one attached hydrogen (secondary N) is 1. The summed E-state index contributed by atoms with van der Waals surface area (Å²) in [5.41, 5.74) is 0.664. The van der Waals surface area contributed by atoms with Gasteiger partial charge in [-0.2, -0.15) is 0 Å². The molecule has 3 aromatic heterocycles. The Morgan fingerprint density at radius 1 is 1.27 bits per heavy atom. The van der Waals surface area contributed by atoms with Gasteiger partial charge in [-0.15, -0.1) is 11.3 Å². The zero-order chi connectivity index (χ0) is 18.5. The minimum absolute atomic E-state index is 0.0589. The number of fused-ring (bicyclic) bond motifs is 1. The number of nitrogens with zero attached hydrogens (tertiary/aromatic N) is 4. The number of imidazole rings is 1. The number of hydrogen-bond acceptors (Lipinski definition) is 5. The molecule has 138 valence electrons. The molecule has 3 aromatic rings. The van der Waals surface area contributed by atoms with Crippen molar-refractivity contribution in [1.82, 2.24) is 24.4 Å². The highest BCUT2D eigenvalue weighted by atomic mass is 32.1. The van der Waals surface area contributed by atoms with Crippen LogP contribution in [0.25, 0.3) is 10.2 Å². The van der Waals surface area contributed by atoms with Crippen LogP contribution in [0, 0.1) is 6.92 Å². The number of rotatable bonds is 8. The quantitative estimate of drug-likeness (QED) is 0.615. The highest BCUT2D eigenvalue weighted by molar-refractivity contribution is 7.20. The fourth-order valence-electron chi connectivity index (χ4n) is 2.83. The van der Waals surface area contributed by atoms with Gasteiger partial charge in [-0.3, -0.25) is 14.2 Å². The fraction of sp³-hybridized carbons (Fsp3) is 0.444. The van der Waals surface area contributed by atoms with Crippen molar-refractivity contribution in [3.05, 3.63) is 45.8 Å². The van der Waals surface area contributed by atoms with Crippen LogP contribution in [0.2, 0.25) is 0 Å². The molecule has 3 heterocycles. The van der Waals surface area contributed by atoms with Gasteiger partial charge in [0.25, 0.3) is 11.5 Å². The van der Waals surface area contributed by atoms with Gasteiger partial charge in [-0.1, -0.05) is 13.3 Å². The summed E-state index contributed by atoms with van der Waals surface area (Å²) >= 11 is 1.28. The van der Waals surface area contributed by atoms with E-state index in [9.17, 15) is 9.59 Å². The summed E-state index contributed by atoms with van der Waals surface area (Å²) in [5, 5.41) is 3.50. The van der Waals surface area contributed by atoms with E-state index >= 15 is 0 Å².